The van der Waals surface area contributed by atoms with E-state index in [1.807, 2.05) is 0 Å². The summed E-state index contributed by atoms with van der Waals surface area (Å²) in [5.41, 5.74) is 0. The number of aliphatic hydroxyl groups is 1. The second kappa shape index (κ2) is 29.4. The van der Waals surface area contributed by atoms with Gasteiger partial charge in [0.25, 0.3) is 0 Å². The van der Waals surface area contributed by atoms with E-state index >= 15 is 0 Å². The number of carbonyl (C=O) groups is 2. The summed E-state index contributed by atoms with van der Waals surface area (Å²) in [6, 6.07) is 0. The highest BCUT2D eigenvalue weighted by atomic mass is 16.5. The number of nitrogens with zero attached hydrogens (tertiary/aromatic N) is 1. The van der Waals surface area contributed by atoms with Crippen LogP contribution >= 0.6 is 0 Å². The first-order chi connectivity index (χ1) is 19.4. The Morgan fingerprint density at radius 2 is 1.07 bits per heavy atom. The van der Waals surface area contributed by atoms with Gasteiger partial charge in [0.15, 0.2) is 0 Å². The van der Waals surface area contributed by atoms with Gasteiger partial charge in [-0.15, -0.1) is 0 Å². The van der Waals surface area contributed by atoms with Gasteiger partial charge in [0.2, 0.25) is 0 Å². The Kier molecular flexibility index (Phi) is 28.5. The average molecular weight is 570 g/mol. The lowest BCUT2D eigenvalue weighted by molar-refractivity contribution is -0.150. The molecule has 0 saturated heterocycles. The molecule has 6 heteroatoms. The van der Waals surface area contributed by atoms with E-state index in [9.17, 15) is 14.7 Å². The number of aliphatic hydroxyl groups excluding tert-OH is 1. The normalized spacial score (nSPS) is 12.3. The molecular formula is C34H67NO5. The van der Waals surface area contributed by atoms with Crippen molar-refractivity contribution in [3.8, 4) is 0 Å². The SMILES string of the molecule is CCCCCCCCC(CCCCCCCC)OC(=O)CCCCCCCN(C)CC(O)CCCCCC(=O)O. The number of aliphatic carboxylic acids is 1. The minimum atomic E-state index is -0.744. The highest BCUT2D eigenvalue weighted by molar-refractivity contribution is 5.69. The van der Waals surface area contributed by atoms with Gasteiger partial charge in [-0.1, -0.05) is 110 Å². The first-order valence-electron chi connectivity index (χ1n) is 17.2. The molecule has 0 amide bonds. The fourth-order valence-electron chi connectivity index (χ4n) is 5.37. The van der Waals surface area contributed by atoms with Crippen LogP contribution in [0.15, 0.2) is 0 Å². The van der Waals surface area contributed by atoms with Crippen molar-refractivity contribution in [1.29, 1.82) is 0 Å². The zero-order valence-corrected chi connectivity index (χ0v) is 26.8. The van der Waals surface area contributed by atoms with Crippen LogP contribution < -0.4 is 0 Å². The maximum Gasteiger partial charge on any atom is 0.306 e. The molecule has 0 aliphatic rings. The predicted octanol–water partition coefficient (Wildman–Crippen LogP) is 9.07. The molecule has 2 N–H and O–H groups in total. The van der Waals surface area contributed by atoms with Crippen LogP contribution in [0, 0.1) is 0 Å². The molecule has 0 aromatic carbocycles. The number of hydrogen-bond donors (Lipinski definition) is 2. The maximum absolute atomic E-state index is 12.5. The topological polar surface area (TPSA) is 87.1 Å². The van der Waals surface area contributed by atoms with Gasteiger partial charge in [-0.05, 0) is 65.0 Å². The standard InChI is InChI=1S/C34H67NO5/c1-4-6-8-10-13-19-25-32(26-20-14-11-9-7-5-2)40-34(39)28-22-15-12-16-23-29-35(3)30-31(36)24-18-17-21-27-33(37)38/h31-32,36H,4-30H2,1-3H3,(H,37,38). The highest BCUT2D eigenvalue weighted by Gasteiger charge is 2.14. The summed E-state index contributed by atoms with van der Waals surface area (Å²) in [5.74, 6) is -0.745. The molecule has 0 spiro atoms. The molecule has 0 saturated carbocycles. The van der Waals surface area contributed by atoms with E-state index in [0.29, 0.717) is 19.4 Å². The number of carbonyl (C=O) groups excluding carboxylic acids is 1. The van der Waals surface area contributed by atoms with Crippen LogP contribution in [0.1, 0.15) is 174 Å². The van der Waals surface area contributed by atoms with E-state index in [1.54, 1.807) is 0 Å². The molecule has 0 aliphatic heterocycles. The third-order valence-electron chi connectivity index (χ3n) is 7.93. The number of hydrogen-bond acceptors (Lipinski definition) is 5. The van der Waals surface area contributed by atoms with Crippen molar-refractivity contribution >= 4 is 11.9 Å². The number of rotatable bonds is 31. The molecule has 0 bridgehead atoms. The van der Waals surface area contributed by atoms with E-state index in [-0.39, 0.29) is 24.6 Å². The number of unbranched alkanes of at least 4 members (excludes halogenated alkanes) is 16. The molecule has 0 aromatic rings. The Bertz CT molecular complexity index is 555. The number of likely N-dealkylation sites (N-methyl/N-ethyl adjacent to an activating group) is 1. The van der Waals surface area contributed by atoms with Crippen molar-refractivity contribution in [3.05, 3.63) is 0 Å². The van der Waals surface area contributed by atoms with Crippen LogP contribution in [0.3, 0.4) is 0 Å². The van der Waals surface area contributed by atoms with E-state index in [0.717, 1.165) is 70.8 Å². The van der Waals surface area contributed by atoms with Crippen LogP contribution in [-0.2, 0) is 14.3 Å². The molecule has 0 fully saturated rings. The molecule has 40 heavy (non-hydrogen) atoms. The van der Waals surface area contributed by atoms with Crippen LogP contribution in [-0.4, -0.2) is 59.4 Å². The van der Waals surface area contributed by atoms with Gasteiger partial charge in [0.05, 0.1) is 6.10 Å². The zero-order valence-electron chi connectivity index (χ0n) is 26.8. The molecule has 6 nitrogen and oxygen atoms in total. The number of carboxylic acid groups (broad SMARTS) is 1. The fraction of sp³-hybridized carbons (Fsp3) is 0.941. The molecular weight excluding hydrogens is 502 g/mol. The summed E-state index contributed by atoms with van der Waals surface area (Å²) in [5, 5.41) is 18.9. The monoisotopic (exact) mass is 570 g/mol. The predicted molar refractivity (Wildman–Crippen MR) is 168 cm³/mol. The molecule has 0 radical (unpaired) electrons. The second-order valence-electron chi connectivity index (χ2n) is 12.2. The largest absolute Gasteiger partial charge is 0.481 e. The average Bonchev–Trinajstić information content (AvgIpc) is 2.91. The van der Waals surface area contributed by atoms with Gasteiger partial charge in [0, 0.05) is 19.4 Å². The summed E-state index contributed by atoms with van der Waals surface area (Å²) in [4.78, 5) is 25.3. The molecule has 238 valence electrons. The number of carboxylic acids is 1. The summed E-state index contributed by atoms with van der Waals surface area (Å²) >= 11 is 0. The van der Waals surface area contributed by atoms with E-state index in [4.69, 9.17) is 9.84 Å². The highest BCUT2D eigenvalue weighted by Crippen LogP contribution is 2.18. The molecule has 0 aliphatic carbocycles. The minimum Gasteiger partial charge on any atom is -0.481 e. The Balaban J connectivity index is 3.96. The van der Waals surface area contributed by atoms with E-state index < -0.39 is 5.97 Å². The first-order valence-corrected chi connectivity index (χ1v) is 17.2. The Morgan fingerprint density at radius 1 is 0.625 bits per heavy atom. The molecule has 0 rings (SSSR count). The Hall–Kier alpha value is -1.14. The fourth-order valence-corrected chi connectivity index (χ4v) is 5.37. The zero-order chi connectivity index (χ0) is 29.7. The molecule has 0 aromatic heterocycles. The third kappa shape index (κ3) is 28.4. The van der Waals surface area contributed by atoms with Crippen molar-refractivity contribution in [3.63, 3.8) is 0 Å². The number of esters is 1. The molecule has 0 heterocycles. The van der Waals surface area contributed by atoms with Crippen LogP contribution in [0.4, 0.5) is 0 Å². The summed E-state index contributed by atoms with van der Waals surface area (Å²) in [6.07, 6.45) is 26.4. The van der Waals surface area contributed by atoms with Crippen LogP contribution in [0.5, 0.6) is 0 Å². The van der Waals surface area contributed by atoms with Gasteiger partial charge in [-0.2, -0.15) is 0 Å². The van der Waals surface area contributed by atoms with Gasteiger partial charge in [0.1, 0.15) is 6.10 Å². The van der Waals surface area contributed by atoms with Crippen molar-refractivity contribution < 1.29 is 24.5 Å². The van der Waals surface area contributed by atoms with Gasteiger partial charge < -0.3 is 19.8 Å². The van der Waals surface area contributed by atoms with Gasteiger partial charge in [-0.25, -0.2) is 0 Å². The number of ether oxygens (including phenoxy) is 1. The Morgan fingerprint density at radius 3 is 1.65 bits per heavy atom. The van der Waals surface area contributed by atoms with E-state index in [1.165, 1.54) is 77.0 Å². The van der Waals surface area contributed by atoms with E-state index in [2.05, 4.69) is 25.8 Å². The minimum absolute atomic E-state index is 0.00125. The molecule has 1 unspecified atom stereocenters. The van der Waals surface area contributed by atoms with Crippen molar-refractivity contribution in [1.82, 2.24) is 4.90 Å². The second-order valence-corrected chi connectivity index (χ2v) is 12.2. The van der Waals surface area contributed by atoms with Crippen molar-refractivity contribution in [2.45, 2.75) is 187 Å². The van der Waals surface area contributed by atoms with Crippen molar-refractivity contribution in [2.24, 2.45) is 0 Å². The summed E-state index contributed by atoms with van der Waals surface area (Å²) in [6.45, 7) is 6.14. The third-order valence-corrected chi connectivity index (χ3v) is 7.93. The van der Waals surface area contributed by atoms with Gasteiger partial charge in [-0.3, -0.25) is 9.59 Å². The smallest absolute Gasteiger partial charge is 0.306 e. The van der Waals surface area contributed by atoms with Gasteiger partial charge >= 0.3 is 11.9 Å². The van der Waals surface area contributed by atoms with Crippen LogP contribution in [0.2, 0.25) is 0 Å². The lowest BCUT2D eigenvalue weighted by atomic mass is 10.0. The maximum atomic E-state index is 12.5. The first kappa shape index (κ1) is 38.9. The van der Waals surface area contributed by atoms with Crippen LogP contribution in [0.25, 0.3) is 0 Å². The molecule has 1 atom stereocenters. The lowest BCUT2D eigenvalue weighted by Crippen LogP contribution is -2.29. The summed E-state index contributed by atoms with van der Waals surface area (Å²) in [7, 11) is 2.05. The van der Waals surface area contributed by atoms with Crippen molar-refractivity contribution in [2.75, 3.05) is 20.1 Å². The Labute approximate surface area is 248 Å². The lowest BCUT2D eigenvalue weighted by Gasteiger charge is -2.20. The quantitative estimate of drug-likeness (QED) is 0.0639. The summed E-state index contributed by atoms with van der Waals surface area (Å²) < 4.78 is 5.96.